The van der Waals surface area contributed by atoms with Gasteiger partial charge in [-0.15, -0.1) is 0 Å². The number of nitrogens with one attached hydrogen (secondary N) is 2. The molecule has 1 amide bonds. The quantitative estimate of drug-likeness (QED) is 0.821. The first-order chi connectivity index (χ1) is 11.8. The van der Waals surface area contributed by atoms with Crippen LogP contribution < -0.4 is 10.6 Å². The highest BCUT2D eigenvalue weighted by Gasteiger charge is 2.33. The number of rotatable bonds is 6. The normalized spacial score (nSPS) is 16.4. The molecular weight excluding hydrogens is 331 g/mol. The van der Waals surface area contributed by atoms with Crippen LogP contribution in [0.4, 0.5) is 18.9 Å². The lowest BCUT2D eigenvalue weighted by Gasteiger charge is -2.32. The van der Waals surface area contributed by atoms with Crippen molar-refractivity contribution in [2.75, 3.05) is 31.5 Å². The van der Waals surface area contributed by atoms with E-state index in [4.69, 9.17) is 0 Å². The molecule has 140 valence electrons. The summed E-state index contributed by atoms with van der Waals surface area (Å²) in [5.41, 5.74) is -1.01. The smallest absolute Gasteiger partial charge is 0.324 e. The van der Waals surface area contributed by atoms with Crippen LogP contribution in [0.2, 0.25) is 0 Å². The summed E-state index contributed by atoms with van der Waals surface area (Å²) in [6.45, 7) is 6.82. The largest absolute Gasteiger partial charge is 0.418 e. The number of carbonyl (C=O) groups excluding carboxylic acids is 1. The fourth-order valence-electron chi connectivity index (χ4n) is 3.07. The van der Waals surface area contributed by atoms with E-state index in [2.05, 4.69) is 10.6 Å². The lowest BCUT2D eigenvalue weighted by molar-refractivity contribution is -0.137. The Morgan fingerprint density at radius 2 is 1.92 bits per heavy atom. The number of hydrogen-bond donors (Lipinski definition) is 2. The first-order valence-corrected chi connectivity index (χ1v) is 8.68. The molecule has 7 heteroatoms. The van der Waals surface area contributed by atoms with E-state index >= 15 is 0 Å². The Morgan fingerprint density at radius 3 is 2.52 bits per heavy atom. The van der Waals surface area contributed by atoms with Crippen molar-refractivity contribution in [1.82, 2.24) is 10.2 Å². The maximum Gasteiger partial charge on any atom is 0.418 e. The summed E-state index contributed by atoms with van der Waals surface area (Å²) in [6.07, 6.45) is -2.37. The van der Waals surface area contributed by atoms with Crippen LogP contribution in [0.25, 0.3) is 0 Å². The van der Waals surface area contributed by atoms with E-state index in [-0.39, 0.29) is 18.3 Å². The molecule has 1 aromatic carbocycles. The van der Waals surface area contributed by atoms with Gasteiger partial charge in [0, 0.05) is 12.6 Å². The molecule has 0 spiro atoms. The number of halogens is 3. The van der Waals surface area contributed by atoms with E-state index in [1.165, 1.54) is 18.2 Å². The standard InChI is InChI=1S/C18H26F3N3O/c1-13(2)24(11-14-7-9-22-10-8-14)12-17(25)23-16-6-4-3-5-15(16)18(19,20)21/h3-6,13-14,22H,7-12H2,1-2H3,(H,23,25). The van der Waals surface area contributed by atoms with Gasteiger partial charge in [-0.05, 0) is 57.8 Å². The Balaban J connectivity index is 1.99. The van der Waals surface area contributed by atoms with Gasteiger partial charge in [-0.1, -0.05) is 12.1 Å². The van der Waals surface area contributed by atoms with Crippen molar-refractivity contribution in [3.8, 4) is 0 Å². The van der Waals surface area contributed by atoms with E-state index in [1.54, 1.807) is 0 Å². The molecule has 0 atom stereocenters. The van der Waals surface area contributed by atoms with Gasteiger partial charge in [0.25, 0.3) is 0 Å². The number of carbonyl (C=O) groups is 1. The minimum atomic E-state index is -4.49. The molecule has 2 N–H and O–H groups in total. The number of benzene rings is 1. The van der Waals surface area contributed by atoms with Crippen LogP contribution in [-0.2, 0) is 11.0 Å². The highest BCUT2D eigenvalue weighted by Crippen LogP contribution is 2.34. The highest BCUT2D eigenvalue weighted by molar-refractivity contribution is 5.93. The topological polar surface area (TPSA) is 44.4 Å². The highest BCUT2D eigenvalue weighted by atomic mass is 19.4. The van der Waals surface area contributed by atoms with E-state index in [0.29, 0.717) is 5.92 Å². The van der Waals surface area contributed by atoms with Gasteiger partial charge in [0.2, 0.25) is 5.91 Å². The maximum atomic E-state index is 13.0. The van der Waals surface area contributed by atoms with Crippen molar-refractivity contribution in [2.24, 2.45) is 5.92 Å². The molecular formula is C18H26F3N3O. The zero-order valence-corrected chi connectivity index (χ0v) is 14.7. The molecule has 0 unspecified atom stereocenters. The summed E-state index contributed by atoms with van der Waals surface area (Å²) >= 11 is 0. The third-order valence-corrected chi connectivity index (χ3v) is 4.53. The van der Waals surface area contributed by atoms with Crippen LogP contribution in [0.3, 0.4) is 0 Å². The zero-order chi connectivity index (χ0) is 18.4. The summed E-state index contributed by atoms with van der Waals surface area (Å²) in [5, 5.41) is 5.73. The maximum absolute atomic E-state index is 13.0. The molecule has 4 nitrogen and oxygen atoms in total. The van der Waals surface area contributed by atoms with Crippen molar-refractivity contribution in [2.45, 2.75) is 38.9 Å². The number of amides is 1. The number of piperidine rings is 1. The monoisotopic (exact) mass is 357 g/mol. The third kappa shape index (κ3) is 6.01. The molecule has 0 saturated carbocycles. The lowest BCUT2D eigenvalue weighted by atomic mass is 9.97. The molecule has 1 saturated heterocycles. The number of para-hydroxylation sites is 1. The lowest BCUT2D eigenvalue weighted by Crippen LogP contribution is -2.43. The van der Waals surface area contributed by atoms with Crippen LogP contribution in [0, 0.1) is 5.92 Å². The van der Waals surface area contributed by atoms with Crippen molar-refractivity contribution < 1.29 is 18.0 Å². The average molecular weight is 357 g/mol. The number of nitrogens with zero attached hydrogens (tertiary/aromatic N) is 1. The molecule has 1 aliphatic rings. The predicted molar refractivity (Wildman–Crippen MR) is 92.4 cm³/mol. The molecule has 1 fully saturated rings. The molecule has 0 aromatic heterocycles. The molecule has 1 aromatic rings. The minimum Gasteiger partial charge on any atom is -0.324 e. The van der Waals surface area contributed by atoms with Crippen molar-refractivity contribution in [3.63, 3.8) is 0 Å². The number of hydrogen-bond acceptors (Lipinski definition) is 3. The van der Waals surface area contributed by atoms with Crippen LogP contribution in [0.1, 0.15) is 32.3 Å². The first kappa shape index (κ1) is 19.7. The SMILES string of the molecule is CC(C)N(CC(=O)Nc1ccccc1C(F)(F)F)CC1CCNCC1. The second kappa shape index (κ2) is 8.67. The van der Waals surface area contributed by atoms with Gasteiger partial charge >= 0.3 is 6.18 Å². The summed E-state index contributed by atoms with van der Waals surface area (Å²) in [6, 6.07) is 5.22. The molecule has 0 bridgehead atoms. The average Bonchev–Trinajstić information content (AvgIpc) is 2.54. The van der Waals surface area contributed by atoms with Crippen LogP contribution in [0.5, 0.6) is 0 Å². The summed E-state index contributed by atoms with van der Waals surface area (Å²) in [7, 11) is 0. The first-order valence-electron chi connectivity index (χ1n) is 8.68. The summed E-state index contributed by atoms with van der Waals surface area (Å²) < 4.78 is 39.1. The molecule has 25 heavy (non-hydrogen) atoms. The van der Waals surface area contributed by atoms with Crippen LogP contribution >= 0.6 is 0 Å². The number of alkyl halides is 3. The third-order valence-electron chi connectivity index (χ3n) is 4.53. The van der Waals surface area contributed by atoms with Gasteiger partial charge < -0.3 is 10.6 Å². The Hall–Kier alpha value is -1.60. The predicted octanol–water partition coefficient (Wildman–Crippen LogP) is 3.35. The van der Waals surface area contributed by atoms with Crippen LogP contribution in [-0.4, -0.2) is 43.0 Å². The Bertz CT molecular complexity index is 569. The number of anilines is 1. The van der Waals surface area contributed by atoms with Gasteiger partial charge in [-0.25, -0.2) is 0 Å². The zero-order valence-electron chi connectivity index (χ0n) is 14.7. The molecule has 1 heterocycles. The van der Waals surface area contributed by atoms with Gasteiger partial charge in [0.15, 0.2) is 0 Å². The fraction of sp³-hybridized carbons (Fsp3) is 0.611. The van der Waals surface area contributed by atoms with Crippen molar-refractivity contribution in [1.29, 1.82) is 0 Å². The Kier molecular flexibility index (Phi) is 6.84. The second-order valence-corrected chi connectivity index (χ2v) is 6.81. The van der Waals surface area contributed by atoms with E-state index in [0.717, 1.165) is 38.5 Å². The molecule has 0 radical (unpaired) electrons. The fourth-order valence-corrected chi connectivity index (χ4v) is 3.07. The Morgan fingerprint density at radius 1 is 1.28 bits per heavy atom. The van der Waals surface area contributed by atoms with Gasteiger partial charge in [-0.3, -0.25) is 9.69 Å². The second-order valence-electron chi connectivity index (χ2n) is 6.81. The molecule has 0 aliphatic carbocycles. The van der Waals surface area contributed by atoms with Gasteiger partial charge in [0.1, 0.15) is 0 Å². The van der Waals surface area contributed by atoms with E-state index in [9.17, 15) is 18.0 Å². The van der Waals surface area contributed by atoms with E-state index < -0.39 is 17.6 Å². The molecule has 2 rings (SSSR count). The summed E-state index contributed by atoms with van der Waals surface area (Å²) in [4.78, 5) is 14.3. The molecule has 1 aliphatic heterocycles. The van der Waals surface area contributed by atoms with Gasteiger partial charge in [-0.2, -0.15) is 13.2 Å². The Labute approximate surface area is 146 Å². The van der Waals surface area contributed by atoms with Crippen molar-refractivity contribution in [3.05, 3.63) is 29.8 Å². The van der Waals surface area contributed by atoms with Crippen LogP contribution in [0.15, 0.2) is 24.3 Å². The summed E-state index contributed by atoms with van der Waals surface area (Å²) in [5.74, 6) is 0.0956. The van der Waals surface area contributed by atoms with Crippen molar-refractivity contribution >= 4 is 11.6 Å². The van der Waals surface area contributed by atoms with E-state index in [1.807, 2.05) is 18.7 Å². The van der Waals surface area contributed by atoms with Gasteiger partial charge in [0.05, 0.1) is 17.8 Å². The minimum absolute atomic E-state index is 0.0911.